The van der Waals surface area contributed by atoms with Gasteiger partial charge in [0.1, 0.15) is 5.75 Å². The molecule has 1 fully saturated rings. The van der Waals surface area contributed by atoms with Crippen molar-refractivity contribution in [3.05, 3.63) is 35.9 Å². The van der Waals surface area contributed by atoms with Gasteiger partial charge in [0.25, 0.3) is 0 Å². The Morgan fingerprint density at radius 1 is 1.37 bits per heavy atom. The highest BCUT2D eigenvalue weighted by Crippen LogP contribution is 2.27. The lowest BCUT2D eigenvalue weighted by Crippen LogP contribution is -2.56. The molecule has 2 amide bonds. The van der Waals surface area contributed by atoms with Gasteiger partial charge in [0.05, 0.1) is 13.7 Å². The van der Waals surface area contributed by atoms with Gasteiger partial charge in [0, 0.05) is 25.2 Å². The molecule has 1 aliphatic heterocycles. The lowest BCUT2D eigenvalue weighted by atomic mass is 9.85. The van der Waals surface area contributed by atoms with Crippen molar-refractivity contribution in [3.63, 3.8) is 0 Å². The minimum atomic E-state index is -0.808. The third-order valence-corrected chi connectivity index (χ3v) is 5.35. The number of urea groups is 1. The monoisotopic (exact) mass is 373 g/mol. The van der Waals surface area contributed by atoms with Crippen LogP contribution in [0.2, 0.25) is 0 Å². The maximum absolute atomic E-state index is 12.5. The summed E-state index contributed by atoms with van der Waals surface area (Å²) in [6, 6.07) is 8.14. The zero-order valence-electron chi connectivity index (χ0n) is 15.9. The van der Waals surface area contributed by atoms with Crippen molar-refractivity contribution in [2.75, 3.05) is 33.3 Å². The van der Waals surface area contributed by atoms with Gasteiger partial charge in [-0.1, -0.05) is 25.1 Å². The van der Waals surface area contributed by atoms with Gasteiger partial charge in [0.15, 0.2) is 0 Å². The minimum Gasteiger partial charge on any atom is -0.497 e. The Kier molecular flexibility index (Phi) is 6.01. The van der Waals surface area contributed by atoms with E-state index in [1.807, 2.05) is 36.1 Å². The molecular weight excluding hydrogens is 346 g/mol. The van der Waals surface area contributed by atoms with Crippen molar-refractivity contribution in [1.29, 1.82) is 0 Å². The largest absolute Gasteiger partial charge is 0.497 e. The van der Waals surface area contributed by atoms with E-state index in [0.29, 0.717) is 19.6 Å². The highest BCUT2D eigenvalue weighted by molar-refractivity contribution is 5.81. The van der Waals surface area contributed by atoms with Crippen LogP contribution < -0.4 is 10.1 Å². The van der Waals surface area contributed by atoms with Gasteiger partial charge in [0.2, 0.25) is 0 Å². The number of carbonyl (C=O) groups is 2. The predicted octanol–water partition coefficient (Wildman–Crippen LogP) is 2.04. The van der Waals surface area contributed by atoms with Crippen LogP contribution in [0, 0.1) is 0 Å². The number of methoxy groups -OCH3 is 1. The average Bonchev–Trinajstić information content (AvgIpc) is 3.12. The van der Waals surface area contributed by atoms with Crippen LogP contribution in [-0.4, -0.2) is 72.3 Å². The maximum atomic E-state index is 12.5. The zero-order chi connectivity index (χ0) is 19.4. The Hall–Kier alpha value is -2.54. The number of nitrogens with one attached hydrogen (secondary N) is 1. The summed E-state index contributed by atoms with van der Waals surface area (Å²) in [5, 5.41) is 12.0. The fourth-order valence-corrected chi connectivity index (χ4v) is 3.68. The summed E-state index contributed by atoms with van der Waals surface area (Å²) >= 11 is 0. The molecule has 146 valence electrons. The Morgan fingerprint density at radius 2 is 2.15 bits per heavy atom. The van der Waals surface area contributed by atoms with Crippen LogP contribution in [-0.2, 0) is 4.79 Å². The molecule has 3 rings (SSSR count). The third-order valence-electron chi connectivity index (χ3n) is 5.35. The van der Waals surface area contributed by atoms with Gasteiger partial charge in [-0.05, 0) is 42.7 Å². The Bertz CT molecular complexity index is 728. The number of ether oxygens (including phenoxy) is 1. The fraction of sp³-hybridized carbons (Fsp3) is 0.500. The van der Waals surface area contributed by atoms with Crippen molar-refractivity contribution >= 4 is 17.6 Å². The fourth-order valence-electron chi connectivity index (χ4n) is 3.68. The van der Waals surface area contributed by atoms with Gasteiger partial charge in [-0.15, -0.1) is 0 Å². The highest BCUT2D eigenvalue weighted by Gasteiger charge is 2.35. The zero-order valence-corrected chi connectivity index (χ0v) is 15.9. The van der Waals surface area contributed by atoms with Gasteiger partial charge in [-0.3, -0.25) is 9.69 Å². The normalized spacial score (nSPS) is 21.6. The molecule has 1 heterocycles. The first-order valence-electron chi connectivity index (χ1n) is 9.35. The van der Waals surface area contributed by atoms with Crippen molar-refractivity contribution < 1.29 is 19.4 Å². The molecule has 0 saturated heterocycles. The van der Waals surface area contributed by atoms with Crippen LogP contribution in [0.15, 0.2) is 30.3 Å². The Morgan fingerprint density at radius 3 is 2.81 bits per heavy atom. The molecule has 1 aromatic carbocycles. The van der Waals surface area contributed by atoms with Crippen LogP contribution in [0.3, 0.4) is 0 Å². The van der Waals surface area contributed by atoms with Crippen molar-refractivity contribution in [1.82, 2.24) is 15.1 Å². The number of rotatable bonds is 7. The van der Waals surface area contributed by atoms with E-state index >= 15 is 0 Å². The number of likely N-dealkylation sites (N-methyl/N-ethyl adjacent to an activating group) is 1. The first-order valence-corrected chi connectivity index (χ1v) is 9.35. The summed E-state index contributed by atoms with van der Waals surface area (Å²) in [6.45, 7) is 3.90. The number of nitrogens with zero attached hydrogens (tertiary/aromatic N) is 2. The summed E-state index contributed by atoms with van der Waals surface area (Å²) in [6.07, 6.45) is 3.68. The van der Waals surface area contributed by atoms with E-state index in [1.54, 1.807) is 12.0 Å². The summed E-state index contributed by atoms with van der Waals surface area (Å²) in [4.78, 5) is 27.2. The number of aliphatic carboxylic acids is 1. The molecule has 7 nitrogen and oxygen atoms in total. The quantitative estimate of drug-likeness (QED) is 0.764. The van der Waals surface area contributed by atoms with E-state index < -0.39 is 5.97 Å². The van der Waals surface area contributed by atoms with Gasteiger partial charge in [-0.25, -0.2) is 4.79 Å². The summed E-state index contributed by atoms with van der Waals surface area (Å²) in [5.41, 5.74) is 2.19. The van der Waals surface area contributed by atoms with E-state index in [-0.39, 0.29) is 24.7 Å². The number of carboxylic acid groups (broad SMARTS) is 1. The van der Waals surface area contributed by atoms with Crippen LogP contribution in [0.1, 0.15) is 25.3 Å². The summed E-state index contributed by atoms with van der Waals surface area (Å²) < 4.78 is 5.27. The van der Waals surface area contributed by atoms with Crippen molar-refractivity contribution in [3.8, 4) is 5.75 Å². The smallest absolute Gasteiger partial charge is 0.318 e. The third kappa shape index (κ3) is 4.60. The van der Waals surface area contributed by atoms with E-state index in [9.17, 15) is 9.59 Å². The molecule has 0 aromatic heterocycles. The molecule has 1 aliphatic carbocycles. The van der Waals surface area contributed by atoms with E-state index in [0.717, 1.165) is 29.7 Å². The lowest BCUT2D eigenvalue weighted by Gasteiger charge is -2.42. The minimum absolute atomic E-state index is 0.0573. The molecule has 0 atom stereocenters. The number of benzene rings is 1. The predicted molar refractivity (Wildman–Crippen MR) is 103 cm³/mol. The van der Waals surface area contributed by atoms with E-state index in [2.05, 4.69) is 11.4 Å². The number of carbonyl (C=O) groups excluding carboxylic acids is 1. The molecule has 1 aromatic rings. The highest BCUT2D eigenvalue weighted by atomic mass is 16.5. The average molecular weight is 373 g/mol. The van der Waals surface area contributed by atoms with E-state index in [4.69, 9.17) is 9.84 Å². The first kappa shape index (κ1) is 19.2. The number of amides is 2. The SMILES string of the molecule is CCN(CC(=O)O)C1CC(NC(=O)N2CC=C(c3cccc(OC)c3)C2)C1. The molecule has 0 bridgehead atoms. The molecule has 7 heteroatoms. The summed E-state index contributed by atoms with van der Waals surface area (Å²) in [7, 11) is 1.64. The van der Waals surface area contributed by atoms with Crippen molar-refractivity contribution in [2.45, 2.75) is 31.8 Å². The number of carboxylic acids is 1. The lowest BCUT2D eigenvalue weighted by molar-refractivity contribution is -0.139. The van der Waals surface area contributed by atoms with Crippen molar-refractivity contribution in [2.24, 2.45) is 0 Å². The molecule has 0 radical (unpaired) electrons. The standard InChI is InChI=1S/C20H27N3O4/c1-3-22(13-19(24)25)17-10-16(11-17)21-20(26)23-8-7-15(12-23)14-5-4-6-18(9-14)27-2/h4-7,9,16-17H,3,8,10-13H2,1-2H3,(H,21,26)(H,24,25). The molecule has 27 heavy (non-hydrogen) atoms. The van der Waals surface area contributed by atoms with Crippen LogP contribution in [0.4, 0.5) is 4.79 Å². The second kappa shape index (κ2) is 8.43. The van der Waals surface area contributed by atoms with Gasteiger partial charge >= 0.3 is 12.0 Å². The first-order chi connectivity index (χ1) is 13.0. The Balaban J connectivity index is 1.46. The van der Waals surface area contributed by atoms with E-state index in [1.165, 1.54) is 0 Å². The topological polar surface area (TPSA) is 82.1 Å². The molecular formula is C20H27N3O4. The maximum Gasteiger partial charge on any atom is 0.318 e. The second-order valence-electron chi connectivity index (χ2n) is 7.07. The second-order valence-corrected chi connectivity index (χ2v) is 7.07. The number of hydrogen-bond acceptors (Lipinski definition) is 4. The molecule has 1 saturated carbocycles. The number of hydrogen-bond donors (Lipinski definition) is 2. The molecule has 2 N–H and O–H groups in total. The molecule has 0 spiro atoms. The van der Waals surface area contributed by atoms with Crippen LogP contribution in [0.25, 0.3) is 5.57 Å². The Labute approximate surface area is 159 Å². The van der Waals surface area contributed by atoms with Gasteiger partial charge in [-0.2, -0.15) is 0 Å². The van der Waals surface area contributed by atoms with Gasteiger partial charge < -0.3 is 20.1 Å². The molecule has 0 unspecified atom stereocenters. The summed E-state index contributed by atoms with van der Waals surface area (Å²) in [5.74, 6) is -0.00352. The molecule has 2 aliphatic rings. The van der Waals surface area contributed by atoms with Crippen LogP contribution >= 0.6 is 0 Å². The van der Waals surface area contributed by atoms with Crippen LogP contribution in [0.5, 0.6) is 5.75 Å².